The topological polar surface area (TPSA) is 16.1 Å². The Morgan fingerprint density at radius 3 is 3.00 bits per heavy atom. The average Bonchev–Trinajstić information content (AvgIpc) is 2.52. The first-order chi connectivity index (χ1) is 6.68. The van der Waals surface area contributed by atoms with Crippen LogP contribution in [0.25, 0.3) is 0 Å². The highest BCUT2D eigenvalue weighted by Gasteiger charge is 2.23. The number of rotatable bonds is 1. The summed E-state index contributed by atoms with van der Waals surface area (Å²) in [6.07, 6.45) is 4.20. The lowest BCUT2D eigenvalue weighted by Gasteiger charge is -2.23. The molecule has 1 aliphatic heterocycles. The molecule has 1 aromatic rings. The lowest BCUT2D eigenvalue weighted by atomic mass is 10.2. The molecule has 2 nitrogen and oxygen atoms in total. The predicted octanol–water partition coefficient (Wildman–Crippen LogP) is 3.49. The SMILES string of the molecule is CC1CCCN1c1ncc(Cl)cc1Br. The fourth-order valence-electron chi connectivity index (χ4n) is 1.87. The van der Waals surface area contributed by atoms with Gasteiger partial charge in [0.25, 0.3) is 0 Å². The molecule has 0 N–H and O–H groups in total. The van der Waals surface area contributed by atoms with E-state index in [2.05, 4.69) is 32.7 Å². The van der Waals surface area contributed by atoms with Crippen molar-refractivity contribution in [3.63, 3.8) is 0 Å². The highest BCUT2D eigenvalue weighted by molar-refractivity contribution is 9.10. The number of anilines is 1. The lowest BCUT2D eigenvalue weighted by molar-refractivity contribution is 0.726. The van der Waals surface area contributed by atoms with Crippen molar-refractivity contribution in [2.45, 2.75) is 25.8 Å². The maximum atomic E-state index is 5.85. The van der Waals surface area contributed by atoms with E-state index < -0.39 is 0 Å². The van der Waals surface area contributed by atoms with Crippen LogP contribution in [-0.4, -0.2) is 17.6 Å². The van der Waals surface area contributed by atoms with Gasteiger partial charge in [0.15, 0.2) is 0 Å². The maximum Gasteiger partial charge on any atom is 0.143 e. The molecule has 1 aliphatic rings. The van der Waals surface area contributed by atoms with Crippen molar-refractivity contribution < 1.29 is 0 Å². The maximum absolute atomic E-state index is 5.85. The fraction of sp³-hybridized carbons (Fsp3) is 0.500. The number of aromatic nitrogens is 1. The predicted molar refractivity (Wildman–Crippen MR) is 63.0 cm³/mol. The average molecular weight is 276 g/mol. The highest BCUT2D eigenvalue weighted by atomic mass is 79.9. The van der Waals surface area contributed by atoms with E-state index in [1.807, 2.05) is 6.07 Å². The van der Waals surface area contributed by atoms with Crippen molar-refractivity contribution in [2.24, 2.45) is 0 Å². The molecular weight excluding hydrogens is 263 g/mol. The van der Waals surface area contributed by atoms with Crippen molar-refractivity contribution in [2.75, 3.05) is 11.4 Å². The molecule has 1 atom stereocenters. The second kappa shape index (κ2) is 4.07. The molecule has 1 saturated heterocycles. The van der Waals surface area contributed by atoms with Crippen LogP contribution < -0.4 is 4.90 Å². The molecule has 0 amide bonds. The lowest BCUT2D eigenvalue weighted by Crippen LogP contribution is -2.27. The minimum Gasteiger partial charge on any atom is -0.353 e. The molecular formula is C10H12BrClN2. The first-order valence-electron chi connectivity index (χ1n) is 4.76. The largest absolute Gasteiger partial charge is 0.353 e. The summed E-state index contributed by atoms with van der Waals surface area (Å²) in [5, 5.41) is 0.674. The molecule has 0 spiro atoms. The molecule has 0 radical (unpaired) electrons. The zero-order chi connectivity index (χ0) is 10.1. The van der Waals surface area contributed by atoms with Crippen LogP contribution in [0.3, 0.4) is 0 Å². The summed E-state index contributed by atoms with van der Waals surface area (Å²) in [5.74, 6) is 1.01. The molecule has 1 aromatic heterocycles. The van der Waals surface area contributed by atoms with Gasteiger partial charge in [0.05, 0.1) is 9.50 Å². The molecule has 1 unspecified atom stereocenters. The standard InChI is InChI=1S/C10H12BrClN2/c1-7-3-2-4-14(7)10-9(11)5-8(12)6-13-10/h5-7H,2-4H2,1H3. The third-order valence-corrected chi connectivity index (χ3v) is 3.40. The first-order valence-corrected chi connectivity index (χ1v) is 5.93. The summed E-state index contributed by atoms with van der Waals surface area (Å²) in [4.78, 5) is 6.68. The molecule has 1 fully saturated rings. The quantitative estimate of drug-likeness (QED) is 0.780. The van der Waals surface area contributed by atoms with E-state index in [4.69, 9.17) is 11.6 Å². The Morgan fingerprint density at radius 2 is 2.43 bits per heavy atom. The molecule has 2 rings (SSSR count). The van der Waals surface area contributed by atoms with Crippen molar-refractivity contribution in [1.29, 1.82) is 0 Å². The smallest absolute Gasteiger partial charge is 0.143 e. The van der Waals surface area contributed by atoms with Crippen LogP contribution in [0.4, 0.5) is 5.82 Å². The fourth-order valence-corrected chi connectivity index (χ4v) is 2.73. The molecule has 4 heteroatoms. The Balaban J connectivity index is 2.31. The summed E-state index contributed by atoms with van der Waals surface area (Å²) in [7, 11) is 0. The zero-order valence-corrected chi connectivity index (χ0v) is 10.3. The number of nitrogens with zero attached hydrogens (tertiary/aromatic N) is 2. The number of halogens is 2. The van der Waals surface area contributed by atoms with E-state index >= 15 is 0 Å². The van der Waals surface area contributed by atoms with Crippen molar-refractivity contribution in [3.8, 4) is 0 Å². The van der Waals surface area contributed by atoms with Gasteiger partial charge in [-0.2, -0.15) is 0 Å². The minimum absolute atomic E-state index is 0.583. The molecule has 0 bridgehead atoms. The third-order valence-electron chi connectivity index (χ3n) is 2.61. The highest BCUT2D eigenvalue weighted by Crippen LogP contribution is 2.31. The van der Waals surface area contributed by atoms with Crippen LogP contribution in [0, 0.1) is 0 Å². The Labute approximate surface area is 97.4 Å². The molecule has 76 valence electrons. The van der Waals surface area contributed by atoms with Gasteiger partial charge in [0, 0.05) is 18.8 Å². The van der Waals surface area contributed by atoms with Gasteiger partial charge in [-0.1, -0.05) is 11.6 Å². The van der Waals surface area contributed by atoms with E-state index in [0.29, 0.717) is 11.1 Å². The van der Waals surface area contributed by atoms with Gasteiger partial charge >= 0.3 is 0 Å². The minimum atomic E-state index is 0.583. The molecule has 14 heavy (non-hydrogen) atoms. The Morgan fingerprint density at radius 1 is 1.64 bits per heavy atom. The van der Waals surface area contributed by atoms with E-state index in [-0.39, 0.29) is 0 Å². The van der Waals surface area contributed by atoms with Crippen LogP contribution in [0.2, 0.25) is 5.02 Å². The summed E-state index contributed by atoms with van der Waals surface area (Å²) >= 11 is 9.35. The first kappa shape index (κ1) is 10.2. The van der Waals surface area contributed by atoms with Gasteiger partial charge in [-0.05, 0) is 41.8 Å². The van der Waals surface area contributed by atoms with E-state index in [1.165, 1.54) is 12.8 Å². The molecule has 0 aliphatic carbocycles. The van der Waals surface area contributed by atoms with E-state index in [1.54, 1.807) is 6.20 Å². The molecule has 2 heterocycles. The van der Waals surface area contributed by atoms with Crippen LogP contribution >= 0.6 is 27.5 Å². The van der Waals surface area contributed by atoms with E-state index in [9.17, 15) is 0 Å². The van der Waals surface area contributed by atoms with Crippen molar-refractivity contribution in [1.82, 2.24) is 4.98 Å². The summed E-state index contributed by atoms with van der Waals surface area (Å²) in [6, 6.07) is 2.48. The number of hydrogen-bond donors (Lipinski definition) is 0. The van der Waals surface area contributed by atoms with Gasteiger partial charge in [-0.3, -0.25) is 0 Å². The third kappa shape index (κ3) is 1.89. The van der Waals surface area contributed by atoms with Gasteiger partial charge in [0.1, 0.15) is 5.82 Å². The second-order valence-corrected chi connectivity index (χ2v) is 4.93. The van der Waals surface area contributed by atoms with Gasteiger partial charge < -0.3 is 4.90 Å². The van der Waals surface area contributed by atoms with Gasteiger partial charge in [-0.25, -0.2) is 4.98 Å². The normalized spacial score (nSPS) is 21.6. The van der Waals surface area contributed by atoms with Crippen LogP contribution in [0.15, 0.2) is 16.7 Å². The Bertz CT molecular complexity index is 343. The zero-order valence-electron chi connectivity index (χ0n) is 8.00. The van der Waals surface area contributed by atoms with Crippen molar-refractivity contribution in [3.05, 3.63) is 21.8 Å². The Kier molecular flexibility index (Phi) is 2.98. The van der Waals surface area contributed by atoms with Crippen molar-refractivity contribution >= 4 is 33.3 Å². The van der Waals surface area contributed by atoms with Crippen LogP contribution in [-0.2, 0) is 0 Å². The number of pyridine rings is 1. The number of hydrogen-bond acceptors (Lipinski definition) is 2. The molecule has 0 saturated carbocycles. The monoisotopic (exact) mass is 274 g/mol. The van der Waals surface area contributed by atoms with Gasteiger partial charge in [-0.15, -0.1) is 0 Å². The van der Waals surface area contributed by atoms with Gasteiger partial charge in [0.2, 0.25) is 0 Å². The van der Waals surface area contributed by atoms with E-state index in [0.717, 1.165) is 16.8 Å². The summed E-state index contributed by atoms with van der Waals surface area (Å²) in [5.41, 5.74) is 0. The van der Waals surface area contributed by atoms with Crippen LogP contribution in [0.5, 0.6) is 0 Å². The van der Waals surface area contributed by atoms with Crippen LogP contribution in [0.1, 0.15) is 19.8 Å². The Hall–Kier alpha value is -0.280. The second-order valence-electron chi connectivity index (χ2n) is 3.64. The molecule has 0 aromatic carbocycles. The summed E-state index contributed by atoms with van der Waals surface area (Å²) < 4.78 is 0.985. The summed E-state index contributed by atoms with van der Waals surface area (Å²) in [6.45, 7) is 3.32.